The third kappa shape index (κ3) is 2.32. The zero-order valence-electron chi connectivity index (χ0n) is 13.5. The fraction of sp³-hybridized carbons (Fsp3) is 0.0500. The number of rotatable bonds is 2. The van der Waals surface area contributed by atoms with Crippen molar-refractivity contribution in [3.8, 4) is 6.07 Å². The van der Waals surface area contributed by atoms with Gasteiger partial charge in [0.1, 0.15) is 6.07 Å². The van der Waals surface area contributed by atoms with Gasteiger partial charge < -0.3 is 5.32 Å². The summed E-state index contributed by atoms with van der Waals surface area (Å²) in [7, 11) is 0. The van der Waals surface area contributed by atoms with Crippen molar-refractivity contribution in [2.45, 2.75) is 6.92 Å². The summed E-state index contributed by atoms with van der Waals surface area (Å²) < 4.78 is 1.51. The van der Waals surface area contributed by atoms with Gasteiger partial charge in [0.2, 0.25) is 0 Å². The lowest BCUT2D eigenvalue weighted by Gasteiger charge is -2.04. The molecule has 5 nitrogen and oxygen atoms in total. The molecular weight excluding hydrogens is 312 g/mol. The molecular formula is C20H14N4O. The highest BCUT2D eigenvalue weighted by molar-refractivity contribution is 5.82. The Balaban J connectivity index is 2.07. The van der Waals surface area contributed by atoms with E-state index in [2.05, 4.69) is 16.4 Å². The van der Waals surface area contributed by atoms with E-state index in [9.17, 15) is 10.1 Å². The van der Waals surface area contributed by atoms with E-state index in [0.29, 0.717) is 33.0 Å². The number of benzene rings is 2. The SMILES string of the molecule is Cc1c(C#N)c2nc3ccccc3n2c(=O)c1=CNc1ccccc1. The molecule has 0 aliphatic carbocycles. The van der Waals surface area contributed by atoms with Crippen LogP contribution in [0.25, 0.3) is 22.9 Å². The molecule has 120 valence electrons. The predicted octanol–water partition coefficient (Wildman–Crippen LogP) is 2.60. The summed E-state index contributed by atoms with van der Waals surface area (Å²) in [5.41, 5.74) is 3.52. The first-order valence-corrected chi connectivity index (χ1v) is 7.86. The minimum absolute atomic E-state index is 0.191. The van der Waals surface area contributed by atoms with Gasteiger partial charge in [-0.2, -0.15) is 5.26 Å². The van der Waals surface area contributed by atoms with Crippen LogP contribution in [-0.2, 0) is 0 Å². The summed E-state index contributed by atoms with van der Waals surface area (Å²) in [6.45, 7) is 1.78. The highest BCUT2D eigenvalue weighted by Gasteiger charge is 2.15. The molecule has 0 radical (unpaired) electrons. The minimum atomic E-state index is -0.191. The average molecular weight is 326 g/mol. The molecule has 0 saturated carbocycles. The topological polar surface area (TPSA) is 70.2 Å². The van der Waals surface area contributed by atoms with Crippen LogP contribution in [0.15, 0.2) is 59.4 Å². The summed E-state index contributed by atoms with van der Waals surface area (Å²) in [4.78, 5) is 17.5. The summed E-state index contributed by atoms with van der Waals surface area (Å²) in [5.74, 6) is 0. The standard InChI is InChI=1S/C20H14N4O/c1-13-15(11-21)19-23-17-9-5-6-10-18(17)24(19)20(25)16(13)12-22-14-7-3-2-4-8-14/h2-10,12,22H,1H3. The van der Waals surface area contributed by atoms with Crippen LogP contribution in [0.5, 0.6) is 0 Å². The van der Waals surface area contributed by atoms with Crippen molar-refractivity contribution in [3.63, 3.8) is 0 Å². The van der Waals surface area contributed by atoms with Crippen molar-refractivity contribution in [1.82, 2.24) is 9.38 Å². The molecule has 0 bridgehead atoms. The maximum Gasteiger partial charge on any atom is 0.265 e. The molecule has 2 aromatic heterocycles. The van der Waals surface area contributed by atoms with E-state index >= 15 is 0 Å². The lowest BCUT2D eigenvalue weighted by molar-refractivity contribution is 1.10. The zero-order valence-corrected chi connectivity index (χ0v) is 13.5. The van der Waals surface area contributed by atoms with Crippen LogP contribution >= 0.6 is 0 Å². The predicted molar refractivity (Wildman–Crippen MR) is 98.2 cm³/mol. The molecule has 4 rings (SSSR count). The minimum Gasteiger partial charge on any atom is -0.361 e. The summed E-state index contributed by atoms with van der Waals surface area (Å²) in [5, 5.41) is 13.2. The van der Waals surface area contributed by atoms with E-state index in [-0.39, 0.29) is 5.56 Å². The van der Waals surface area contributed by atoms with Crippen molar-refractivity contribution in [3.05, 3.63) is 81.3 Å². The van der Waals surface area contributed by atoms with E-state index in [0.717, 1.165) is 5.69 Å². The van der Waals surface area contributed by atoms with Crippen LogP contribution in [0.1, 0.15) is 11.1 Å². The third-order valence-corrected chi connectivity index (χ3v) is 4.27. The highest BCUT2D eigenvalue weighted by atomic mass is 16.1. The number of hydrogen-bond donors (Lipinski definition) is 1. The van der Waals surface area contributed by atoms with Crippen LogP contribution in [0, 0.1) is 18.3 Å². The molecule has 0 aliphatic heterocycles. The molecule has 2 heterocycles. The molecule has 0 unspecified atom stereocenters. The molecule has 0 saturated heterocycles. The van der Waals surface area contributed by atoms with Crippen molar-refractivity contribution >= 4 is 28.6 Å². The number of anilines is 1. The summed E-state index contributed by atoms with van der Waals surface area (Å²) >= 11 is 0. The number of hydrogen-bond acceptors (Lipinski definition) is 4. The zero-order chi connectivity index (χ0) is 17.4. The molecule has 0 fully saturated rings. The molecule has 0 amide bonds. The van der Waals surface area contributed by atoms with Gasteiger partial charge in [0.25, 0.3) is 5.56 Å². The highest BCUT2D eigenvalue weighted by Crippen LogP contribution is 2.17. The van der Waals surface area contributed by atoms with Crippen molar-refractivity contribution in [2.24, 2.45) is 0 Å². The fourth-order valence-corrected chi connectivity index (χ4v) is 2.98. The van der Waals surface area contributed by atoms with Gasteiger partial charge in [-0.1, -0.05) is 30.3 Å². The Morgan fingerprint density at radius 3 is 2.60 bits per heavy atom. The van der Waals surface area contributed by atoms with Gasteiger partial charge in [-0.25, -0.2) is 4.98 Å². The number of nitrogens with zero attached hydrogens (tertiary/aromatic N) is 3. The Morgan fingerprint density at radius 1 is 1.12 bits per heavy atom. The largest absolute Gasteiger partial charge is 0.361 e. The quantitative estimate of drug-likeness (QED) is 0.615. The number of pyridine rings is 1. The first-order chi connectivity index (χ1) is 12.2. The Labute approximate surface area is 143 Å². The van der Waals surface area contributed by atoms with Gasteiger partial charge in [-0.05, 0) is 36.8 Å². The monoisotopic (exact) mass is 326 g/mol. The Hall–Kier alpha value is -3.65. The Bertz CT molecular complexity index is 1250. The maximum atomic E-state index is 13.1. The number of aromatic nitrogens is 2. The average Bonchev–Trinajstić information content (AvgIpc) is 3.02. The van der Waals surface area contributed by atoms with Gasteiger partial charge in [0.05, 0.1) is 21.8 Å². The van der Waals surface area contributed by atoms with E-state index in [1.165, 1.54) is 4.40 Å². The second kappa shape index (κ2) is 5.77. The summed E-state index contributed by atoms with van der Waals surface area (Å²) in [6, 6.07) is 19.1. The van der Waals surface area contributed by atoms with E-state index in [1.807, 2.05) is 54.6 Å². The molecule has 4 aromatic rings. The number of fused-ring (bicyclic) bond motifs is 3. The van der Waals surface area contributed by atoms with Crippen LogP contribution < -0.4 is 16.1 Å². The van der Waals surface area contributed by atoms with Crippen LogP contribution in [0.2, 0.25) is 0 Å². The summed E-state index contributed by atoms with van der Waals surface area (Å²) in [6.07, 6.45) is 1.65. The number of nitrogens with one attached hydrogen (secondary N) is 1. The van der Waals surface area contributed by atoms with Gasteiger partial charge >= 0.3 is 0 Å². The van der Waals surface area contributed by atoms with E-state index < -0.39 is 0 Å². The normalized spacial score (nSPS) is 11.8. The molecule has 0 aliphatic rings. The fourth-order valence-electron chi connectivity index (χ4n) is 2.98. The second-order valence-electron chi connectivity index (χ2n) is 5.74. The van der Waals surface area contributed by atoms with Crippen molar-refractivity contribution < 1.29 is 0 Å². The molecule has 0 atom stereocenters. The smallest absolute Gasteiger partial charge is 0.265 e. The third-order valence-electron chi connectivity index (χ3n) is 4.27. The van der Waals surface area contributed by atoms with Crippen LogP contribution in [0.3, 0.4) is 0 Å². The van der Waals surface area contributed by atoms with Gasteiger partial charge in [-0.3, -0.25) is 9.20 Å². The van der Waals surface area contributed by atoms with Gasteiger partial charge in [0.15, 0.2) is 5.65 Å². The van der Waals surface area contributed by atoms with Gasteiger partial charge in [-0.15, -0.1) is 0 Å². The number of imidazole rings is 1. The molecule has 0 spiro atoms. The number of nitriles is 1. The van der Waals surface area contributed by atoms with Crippen molar-refractivity contribution in [2.75, 3.05) is 5.32 Å². The van der Waals surface area contributed by atoms with E-state index in [4.69, 9.17) is 0 Å². The van der Waals surface area contributed by atoms with Gasteiger partial charge in [0, 0.05) is 11.9 Å². The van der Waals surface area contributed by atoms with Crippen LogP contribution in [0.4, 0.5) is 5.69 Å². The first-order valence-electron chi connectivity index (χ1n) is 7.86. The number of para-hydroxylation sites is 3. The molecule has 25 heavy (non-hydrogen) atoms. The maximum absolute atomic E-state index is 13.1. The Morgan fingerprint density at radius 2 is 1.84 bits per heavy atom. The first kappa shape index (κ1) is 14.9. The lowest BCUT2D eigenvalue weighted by Crippen LogP contribution is -2.34. The van der Waals surface area contributed by atoms with Crippen molar-refractivity contribution in [1.29, 1.82) is 5.26 Å². The van der Waals surface area contributed by atoms with Crippen LogP contribution in [-0.4, -0.2) is 9.38 Å². The molecule has 5 heteroatoms. The molecule has 1 N–H and O–H groups in total. The molecule has 2 aromatic carbocycles. The second-order valence-corrected chi connectivity index (χ2v) is 5.74. The lowest BCUT2D eigenvalue weighted by atomic mass is 10.1. The van der Waals surface area contributed by atoms with E-state index in [1.54, 1.807) is 13.1 Å². The Kier molecular flexibility index (Phi) is 3.44.